The molecule has 0 N–H and O–H groups in total. The van der Waals surface area contributed by atoms with E-state index in [1.165, 1.54) is 12.1 Å². The molecule has 5 heteroatoms. The minimum atomic E-state index is -1.21. The van der Waals surface area contributed by atoms with Gasteiger partial charge in [0.2, 0.25) is 5.82 Å². The molecule has 0 radical (unpaired) electrons. The van der Waals surface area contributed by atoms with Crippen LogP contribution < -0.4 is 4.74 Å². The average Bonchev–Trinajstić information content (AvgIpc) is 2.42. The Morgan fingerprint density at radius 2 is 1.84 bits per heavy atom. The van der Waals surface area contributed by atoms with Crippen LogP contribution in [0, 0.1) is 23.0 Å². The van der Waals surface area contributed by atoms with Gasteiger partial charge in [0.05, 0.1) is 5.56 Å². The molecule has 0 bridgehead atoms. The SMILES string of the molecule is N#Cc1ccc(OCc2ccccc2Cl)c(F)c1F. The summed E-state index contributed by atoms with van der Waals surface area (Å²) in [5, 5.41) is 9.05. The number of nitrogens with zero attached hydrogens (tertiary/aromatic N) is 1. The third-order valence-electron chi connectivity index (χ3n) is 2.51. The van der Waals surface area contributed by atoms with Crippen molar-refractivity contribution in [1.82, 2.24) is 0 Å². The van der Waals surface area contributed by atoms with Crippen molar-refractivity contribution >= 4 is 11.6 Å². The predicted octanol–water partition coefficient (Wildman–Crippen LogP) is 4.07. The maximum Gasteiger partial charge on any atom is 0.202 e. The van der Waals surface area contributed by atoms with Crippen LogP contribution in [0.2, 0.25) is 5.02 Å². The van der Waals surface area contributed by atoms with Crippen molar-refractivity contribution in [2.24, 2.45) is 0 Å². The van der Waals surface area contributed by atoms with Crippen LogP contribution in [-0.2, 0) is 6.61 Å². The van der Waals surface area contributed by atoms with Gasteiger partial charge in [-0.2, -0.15) is 9.65 Å². The zero-order valence-electron chi connectivity index (χ0n) is 9.66. The zero-order chi connectivity index (χ0) is 13.8. The van der Waals surface area contributed by atoms with E-state index in [1.54, 1.807) is 30.3 Å². The summed E-state index contributed by atoms with van der Waals surface area (Å²) in [6.45, 7) is 0.0158. The van der Waals surface area contributed by atoms with Gasteiger partial charge in [-0.15, -0.1) is 0 Å². The van der Waals surface area contributed by atoms with E-state index in [1.807, 2.05) is 0 Å². The summed E-state index contributed by atoms with van der Waals surface area (Å²) in [6.07, 6.45) is 0. The van der Waals surface area contributed by atoms with Crippen molar-refractivity contribution < 1.29 is 13.5 Å². The Balaban J connectivity index is 2.20. The van der Waals surface area contributed by atoms with Gasteiger partial charge in [0.15, 0.2) is 11.6 Å². The van der Waals surface area contributed by atoms with Crippen LogP contribution in [0.15, 0.2) is 36.4 Å². The van der Waals surface area contributed by atoms with Gasteiger partial charge in [0, 0.05) is 10.6 Å². The van der Waals surface area contributed by atoms with Gasteiger partial charge in [-0.25, -0.2) is 4.39 Å². The van der Waals surface area contributed by atoms with Gasteiger partial charge < -0.3 is 4.74 Å². The lowest BCUT2D eigenvalue weighted by Crippen LogP contribution is -2.00. The Morgan fingerprint density at radius 3 is 2.53 bits per heavy atom. The number of hydrogen-bond acceptors (Lipinski definition) is 2. The maximum atomic E-state index is 13.6. The van der Waals surface area contributed by atoms with E-state index < -0.39 is 11.6 Å². The van der Waals surface area contributed by atoms with Crippen LogP contribution in [0.4, 0.5) is 8.78 Å². The highest BCUT2D eigenvalue weighted by atomic mass is 35.5. The van der Waals surface area contributed by atoms with Crippen molar-refractivity contribution in [3.63, 3.8) is 0 Å². The van der Waals surface area contributed by atoms with E-state index in [-0.39, 0.29) is 17.9 Å². The fraction of sp³-hybridized carbons (Fsp3) is 0.0714. The van der Waals surface area contributed by atoms with Crippen molar-refractivity contribution in [3.8, 4) is 11.8 Å². The fourth-order valence-electron chi connectivity index (χ4n) is 1.50. The third-order valence-corrected chi connectivity index (χ3v) is 2.88. The van der Waals surface area contributed by atoms with Crippen LogP contribution in [0.5, 0.6) is 5.75 Å². The molecule has 0 heterocycles. The first-order valence-corrected chi connectivity index (χ1v) is 5.75. The summed E-state index contributed by atoms with van der Waals surface area (Å²) in [7, 11) is 0. The Bertz CT molecular complexity index is 652. The van der Waals surface area contributed by atoms with Crippen LogP contribution in [0.3, 0.4) is 0 Å². The normalized spacial score (nSPS) is 10.0. The molecule has 0 aliphatic carbocycles. The Hall–Kier alpha value is -2.12. The van der Waals surface area contributed by atoms with Crippen molar-refractivity contribution in [3.05, 3.63) is 64.2 Å². The van der Waals surface area contributed by atoms with Gasteiger partial charge in [-0.05, 0) is 18.2 Å². The second-order valence-corrected chi connectivity index (χ2v) is 4.14. The van der Waals surface area contributed by atoms with Crippen molar-refractivity contribution in [1.29, 1.82) is 5.26 Å². The number of rotatable bonds is 3. The molecular formula is C14H8ClF2NO. The molecule has 2 nitrogen and oxygen atoms in total. The number of benzene rings is 2. The molecule has 96 valence electrons. The minimum Gasteiger partial charge on any atom is -0.486 e. The molecule has 0 aliphatic heterocycles. The van der Waals surface area contributed by atoms with Crippen LogP contribution in [0.1, 0.15) is 11.1 Å². The standard InChI is InChI=1S/C14H8ClF2NO/c15-11-4-2-1-3-10(11)8-19-12-6-5-9(7-18)13(16)14(12)17/h1-6H,8H2. The van der Waals surface area contributed by atoms with Crippen molar-refractivity contribution in [2.45, 2.75) is 6.61 Å². The smallest absolute Gasteiger partial charge is 0.202 e. The van der Waals surface area contributed by atoms with Gasteiger partial charge in [-0.3, -0.25) is 0 Å². The fourth-order valence-corrected chi connectivity index (χ4v) is 1.69. The summed E-state index contributed by atoms with van der Waals surface area (Å²) in [5.74, 6) is -2.64. The Labute approximate surface area is 113 Å². The first-order valence-electron chi connectivity index (χ1n) is 5.37. The molecule has 0 amide bonds. The zero-order valence-corrected chi connectivity index (χ0v) is 10.4. The molecule has 0 saturated heterocycles. The summed E-state index contributed by atoms with van der Waals surface area (Å²) in [6, 6.07) is 10.9. The lowest BCUT2D eigenvalue weighted by atomic mass is 10.2. The number of halogens is 3. The quantitative estimate of drug-likeness (QED) is 0.848. The highest BCUT2D eigenvalue weighted by molar-refractivity contribution is 6.31. The van der Waals surface area contributed by atoms with Gasteiger partial charge in [0.1, 0.15) is 12.7 Å². The molecule has 19 heavy (non-hydrogen) atoms. The second kappa shape index (κ2) is 5.68. The van der Waals surface area contributed by atoms with Crippen molar-refractivity contribution in [2.75, 3.05) is 0 Å². The van der Waals surface area contributed by atoms with E-state index in [0.29, 0.717) is 10.6 Å². The predicted molar refractivity (Wildman–Crippen MR) is 66.9 cm³/mol. The van der Waals surface area contributed by atoms with E-state index in [4.69, 9.17) is 21.6 Å². The first kappa shape index (κ1) is 13.3. The number of ether oxygens (including phenoxy) is 1. The lowest BCUT2D eigenvalue weighted by Gasteiger charge is -2.09. The summed E-state index contributed by atoms with van der Waals surface area (Å²) in [5.41, 5.74) is 0.302. The summed E-state index contributed by atoms with van der Waals surface area (Å²) < 4.78 is 32.1. The van der Waals surface area contributed by atoms with Crippen LogP contribution in [-0.4, -0.2) is 0 Å². The Kier molecular flexibility index (Phi) is 3.98. The third kappa shape index (κ3) is 2.83. The molecule has 2 rings (SSSR count). The highest BCUT2D eigenvalue weighted by Crippen LogP contribution is 2.24. The number of nitriles is 1. The van der Waals surface area contributed by atoms with Gasteiger partial charge in [0.25, 0.3) is 0 Å². The highest BCUT2D eigenvalue weighted by Gasteiger charge is 2.14. The van der Waals surface area contributed by atoms with Gasteiger partial charge >= 0.3 is 0 Å². The summed E-state index contributed by atoms with van der Waals surface area (Å²) >= 11 is 5.92. The summed E-state index contributed by atoms with van der Waals surface area (Å²) in [4.78, 5) is 0. The Morgan fingerprint density at radius 1 is 1.11 bits per heavy atom. The molecule has 0 saturated carbocycles. The molecular weight excluding hydrogens is 272 g/mol. The first-order chi connectivity index (χ1) is 9.13. The molecule has 0 unspecified atom stereocenters. The molecule has 0 fully saturated rings. The molecule has 0 aliphatic rings. The van der Waals surface area contributed by atoms with E-state index in [9.17, 15) is 8.78 Å². The van der Waals surface area contributed by atoms with E-state index in [2.05, 4.69) is 0 Å². The molecule has 0 atom stereocenters. The van der Waals surface area contributed by atoms with Crippen LogP contribution in [0.25, 0.3) is 0 Å². The number of hydrogen-bond donors (Lipinski definition) is 0. The average molecular weight is 280 g/mol. The van der Waals surface area contributed by atoms with Gasteiger partial charge in [-0.1, -0.05) is 29.8 Å². The second-order valence-electron chi connectivity index (χ2n) is 3.73. The molecule has 2 aromatic carbocycles. The molecule has 2 aromatic rings. The minimum absolute atomic E-state index is 0.0158. The van der Waals surface area contributed by atoms with E-state index in [0.717, 1.165) is 0 Å². The molecule has 0 aromatic heterocycles. The molecule has 0 spiro atoms. The maximum absolute atomic E-state index is 13.6. The van der Waals surface area contributed by atoms with E-state index >= 15 is 0 Å². The lowest BCUT2D eigenvalue weighted by molar-refractivity contribution is 0.284. The monoisotopic (exact) mass is 279 g/mol. The topological polar surface area (TPSA) is 33.0 Å². The largest absolute Gasteiger partial charge is 0.486 e. The van der Waals surface area contributed by atoms with Crippen LogP contribution >= 0.6 is 11.6 Å².